The van der Waals surface area contributed by atoms with Crippen LogP contribution >= 0.6 is 0 Å². The summed E-state index contributed by atoms with van der Waals surface area (Å²) in [6.45, 7) is 7.06. The molecule has 1 aliphatic rings. The molecule has 0 bridgehead atoms. The Balaban J connectivity index is 1.77. The second-order valence-corrected chi connectivity index (χ2v) is 7.04. The lowest BCUT2D eigenvalue weighted by molar-refractivity contribution is 0.0921. The summed E-state index contributed by atoms with van der Waals surface area (Å²) < 4.78 is 14.5. The van der Waals surface area contributed by atoms with Crippen LogP contribution in [0, 0.1) is 19.7 Å². The maximum absolute atomic E-state index is 14.5. The third kappa shape index (κ3) is 4.07. The standard InChI is InChI=1S/C21H25FN2O/c1-13-4-5-16(10-14(13)2)17-6-7-19(20(22)12-17)21(25)24-18-8-9-23-15(3)11-18/h4-7,10,12,15,18,23H,8-9,11H2,1-3H3,(H,24,25). The molecule has 2 atom stereocenters. The second-order valence-electron chi connectivity index (χ2n) is 7.04. The Morgan fingerprint density at radius 2 is 1.84 bits per heavy atom. The fourth-order valence-corrected chi connectivity index (χ4v) is 3.33. The van der Waals surface area contributed by atoms with Crippen molar-refractivity contribution < 1.29 is 9.18 Å². The van der Waals surface area contributed by atoms with Crippen molar-refractivity contribution in [2.45, 2.75) is 45.7 Å². The van der Waals surface area contributed by atoms with Gasteiger partial charge in [0.15, 0.2) is 0 Å². The average molecular weight is 340 g/mol. The Kier molecular flexibility index (Phi) is 5.19. The molecule has 3 rings (SSSR count). The molecule has 2 aromatic carbocycles. The Hall–Kier alpha value is -2.20. The Morgan fingerprint density at radius 1 is 1.12 bits per heavy atom. The first kappa shape index (κ1) is 17.6. The number of amides is 1. The highest BCUT2D eigenvalue weighted by Gasteiger charge is 2.22. The van der Waals surface area contributed by atoms with Crippen LogP contribution in [0.15, 0.2) is 36.4 Å². The van der Waals surface area contributed by atoms with Crippen molar-refractivity contribution >= 4 is 5.91 Å². The van der Waals surface area contributed by atoms with E-state index < -0.39 is 5.82 Å². The van der Waals surface area contributed by atoms with Gasteiger partial charge in [-0.25, -0.2) is 4.39 Å². The molecule has 1 amide bonds. The Bertz CT molecular complexity index is 787. The summed E-state index contributed by atoms with van der Waals surface area (Å²) in [4.78, 5) is 12.4. The van der Waals surface area contributed by atoms with Crippen LogP contribution in [0.2, 0.25) is 0 Å². The van der Waals surface area contributed by atoms with Gasteiger partial charge in [0.05, 0.1) is 5.56 Å². The van der Waals surface area contributed by atoms with Gasteiger partial charge < -0.3 is 10.6 Å². The van der Waals surface area contributed by atoms with E-state index in [2.05, 4.69) is 24.5 Å². The predicted molar refractivity (Wildman–Crippen MR) is 99.3 cm³/mol. The third-order valence-corrected chi connectivity index (χ3v) is 5.01. The molecule has 1 aliphatic heterocycles. The number of hydrogen-bond donors (Lipinski definition) is 2. The number of nitrogens with one attached hydrogen (secondary N) is 2. The maximum Gasteiger partial charge on any atom is 0.254 e. The van der Waals surface area contributed by atoms with Crippen molar-refractivity contribution in [1.29, 1.82) is 0 Å². The van der Waals surface area contributed by atoms with Crippen molar-refractivity contribution in [1.82, 2.24) is 10.6 Å². The molecule has 1 fully saturated rings. The van der Waals surface area contributed by atoms with Crippen molar-refractivity contribution in [2.75, 3.05) is 6.54 Å². The number of carbonyl (C=O) groups excluding carboxylic acids is 1. The van der Waals surface area contributed by atoms with Crippen LogP contribution in [0.3, 0.4) is 0 Å². The summed E-state index contributed by atoms with van der Waals surface area (Å²) in [5.74, 6) is -0.807. The fourth-order valence-electron chi connectivity index (χ4n) is 3.33. The van der Waals surface area contributed by atoms with Gasteiger partial charge in [0.2, 0.25) is 0 Å². The highest BCUT2D eigenvalue weighted by Crippen LogP contribution is 2.24. The van der Waals surface area contributed by atoms with Crippen LogP contribution in [0.1, 0.15) is 41.3 Å². The predicted octanol–water partition coefficient (Wildman–Crippen LogP) is 3.98. The van der Waals surface area contributed by atoms with Gasteiger partial charge in [0.1, 0.15) is 5.82 Å². The van der Waals surface area contributed by atoms with E-state index in [0.29, 0.717) is 6.04 Å². The van der Waals surface area contributed by atoms with E-state index in [1.807, 2.05) is 31.2 Å². The van der Waals surface area contributed by atoms with Crippen LogP contribution < -0.4 is 10.6 Å². The van der Waals surface area contributed by atoms with Gasteiger partial charge in [-0.15, -0.1) is 0 Å². The monoisotopic (exact) mass is 340 g/mol. The first-order chi connectivity index (χ1) is 11.9. The molecule has 2 N–H and O–H groups in total. The minimum atomic E-state index is -0.477. The van der Waals surface area contributed by atoms with E-state index in [1.165, 1.54) is 17.2 Å². The van der Waals surface area contributed by atoms with E-state index in [4.69, 9.17) is 0 Å². The van der Waals surface area contributed by atoms with Gasteiger partial charge in [-0.1, -0.05) is 24.3 Å². The van der Waals surface area contributed by atoms with Crippen molar-refractivity contribution in [3.05, 3.63) is 58.9 Å². The molecule has 1 saturated heterocycles. The first-order valence-corrected chi connectivity index (χ1v) is 8.85. The average Bonchev–Trinajstić information content (AvgIpc) is 2.57. The molecule has 1 heterocycles. The molecule has 0 radical (unpaired) electrons. The van der Waals surface area contributed by atoms with Crippen molar-refractivity contribution in [3.8, 4) is 11.1 Å². The van der Waals surface area contributed by atoms with Crippen LogP contribution in [0.5, 0.6) is 0 Å². The molecule has 0 aliphatic carbocycles. The number of carbonyl (C=O) groups is 1. The first-order valence-electron chi connectivity index (χ1n) is 8.85. The molecule has 0 spiro atoms. The Labute approximate surface area is 148 Å². The van der Waals surface area contributed by atoms with E-state index in [0.717, 1.165) is 30.5 Å². The van der Waals surface area contributed by atoms with E-state index in [1.54, 1.807) is 6.07 Å². The molecule has 2 unspecified atom stereocenters. The van der Waals surface area contributed by atoms with Crippen LogP contribution in [0.4, 0.5) is 4.39 Å². The largest absolute Gasteiger partial charge is 0.349 e. The molecular formula is C21H25FN2O. The molecule has 2 aromatic rings. The summed E-state index contributed by atoms with van der Waals surface area (Å²) in [7, 11) is 0. The van der Waals surface area contributed by atoms with Crippen LogP contribution in [0.25, 0.3) is 11.1 Å². The van der Waals surface area contributed by atoms with E-state index in [9.17, 15) is 9.18 Å². The number of hydrogen-bond acceptors (Lipinski definition) is 2. The molecule has 132 valence electrons. The second kappa shape index (κ2) is 7.36. The summed E-state index contributed by atoms with van der Waals surface area (Å²) in [6.07, 6.45) is 1.74. The normalized spacial score (nSPS) is 20.3. The highest BCUT2D eigenvalue weighted by atomic mass is 19.1. The minimum absolute atomic E-state index is 0.0996. The van der Waals surface area contributed by atoms with E-state index in [-0.39, 0.29) is 17.5 Å². The van der Waals surface area contributed by atoms with Gasteiger partial charge in [-0.2, -0.15) is 0 Å². The smallest absolute Gasteiger partial charge is 0.254 e. The zero-order valence-electron chi connectivity index (χ0n) is 15.0. The zero-order valence-corrected chi connectivity index (χ0v) is 15.0. The van der Waals surface area contributed by atoms with Gasteiger partial charge in [0, 0.05) is 12.1 Å². The Morgan fingerprint density at radius 3 is 2.52 bits per heavy atom. The van der Waals surface area contributed by atoms with Crippen LogP contribution in [-0.2, 0) is 0 Å². The van der Waals surface area contributed by atoms with Crippen molar-refractivity contribution in [2.24, 2.45) is 0 Å². The molecule has 0 saturated carbocycles. The number of benzene rings is 2. The minimum Gasteiger partial charge on any atom is -0.349 e. The SMILES string of the molecule is Cc1ccc(-c2ccc(C(=O)NC3CCNC(C)C3)c(F)c2)cc1C. The lowest BCUT2D eigenvalue weighted by atomic mass is 9.98. The topological polar surface area (TPSA) is 41.1 Å². The summed E-state index contributed by atoms with van der Waals surface area (Å²) in [6, 6.07) is 11.4. The summed E-state index contributed by atoms with van der Waals surface area (Å²) in [5.41, 5.74) is 4.23. The highest BCUT2D eigenvalue weighted by molar-refractivity contribution is 5.95. The van der Waals surface area contributed by atoms with Crippen molar-refractivity contribution in [3.63, 3.8) is 0 Å². The molecule has 4 heteroatoms. The lowest BCUT2D eigenvalue weighted by Gasteiger charge is -2.28. The fraction of sp³-hybridized carbons (Fsp3) is 0.381. The van der Waals surface area contributed by atoms with Gasteiger partial charge >= 0.3 is 0 Å². The zero-order chi connectivity index (χ0) is 18.0. The van der Waals surface area contributed by atoms with Gasteiger partial charge in [0.25, 0.3) is 5.91 Å². The number of halogens is 1. The maximum atomic E-state index is 14.5. The molecular weight excluding hydrogens is 315 g/mol. The van der Waals surface area contributed by atoms with Gasteiger partial charge in [-0.05, 0) is 74.5 Å². The number of rotatable bonds is 3. The molecule has 0 aromatic heterocycles. The summed E-state index contributed by atoms with van der Waals surface area (Å²) in [5, 5.41) is 6.31. The molecule has 25 heavy (non-hydrogen) atoms. The van der Waals surface area contributed by atoms with Crippen LogP contribution in [-0.4, -0.2) is 24.5 Å². The quantitative estimate of drug-likeness (QED) is 0.887. The molecule has 3 nitrogen and oxygen atoms in total. The van der Waals surface area contributed by atoms with E-state index >= 15 is 0 Å². The van der Waals surface area contributed by atoms with Gasteiger partial charge in [-0.3, -0.25) is 4.79 Å². The lowest BCUT2D eigenvalue weighted by Crippen LogP contribution is -2.46. The third-order valence-electron chi connectivity index (χ3n) is 5.01. The number of piperidine rings is 1. The summed E-state index contributed by atoms with van der Waals surface area (Å²) >= 11 is 0. The number of aryl methyl sites for hydroxylation is 2.